The van der Waals surface area contributed by atoms with Crippen LogP contribution in [0.2, 0.25) is 0 Å². The Hall–Kier alpha value is -0.500. The van der Waals surface area contributed by atoms with Crippen LogP contribution in [0.15, 0.2) is 12.7 Å². The number of likely N-dealkylation sites (N-methyl/N-ethyl adjacent to an activating group) is 1. The second-order valence-corrected chi connectivity index (χ2v) is 2.03. The lowest BCUT2D eigenvalue weighted by Gasteiger charge is -2.11. The SMILES string of the molecule is C=CC(=O)N(C)CCCl. The molecule has 3 heteroatoms. The Morgan fingerprint density at radius 2 is 2.44 bits per heavy atom. The third-order valence-electron chi connectivity index (χ3n) is 0.971. The van der Waals surface area contributed by atoms with E-state index in [1.165, 1.54) is 11.0 Å². The van der Waals surface area contributed by atoms with Crippen LogP contribution in [0.1, 0.15) is 0 Å². The summed E-state index contributed by atoms with van der Waals surface area (Å²) >= 11 is 5.37. The normalized spacial score (nSPS) is 8.67. The number of alkyl halides is 1. The molecule has 2 nitrogen and oxygen atoms in total. The highest BCUT2D eigenvalue weighted by atomic mass is 35.5. The van der Waals surface area contributed by atoms with Crippen LogP contribution in [-0.4, -0.2) is 30.3 Å². The molecule has 52 valence electrons. The van der Waals surface area contributed by atoms with Gasteiger partial charge in [0.1, 0.15) is 0 Å². The summed E-state index contributed by atoms with van der Waals surface area (Å²) in [5.74, 6) is 0.381. The van der Waals surface area contributed by atoms with E-state index < -0.39 is 0 Å². The number of nitrogens with zero attached hydrogens (tertiary/aromatic N) is 1. The minimum Gasteiger partial charge on any atom is -0.341 e. The molecular weight excluding hydrogens is 138 g/mol. The standard InChI is InChI=1S/C6H10ClNO/c1-3-6(9)8(2)5-4-7/h3H,1,4-5H2,2H3. The Labute approximate surface area is 60.1 Å². The molecule has 0 aliphatic carbocycles. The lowest BCUT2D eigenvalue weighted by atomic mass is 10.5. The first kappa shape index (κ1) is 8.50. The van der Waals surface area contributed by atoms with E-state index in [1.54, 1.807) is 7.05 Å². The van der Waals surface area contributed by atoms with Crippen molar-refractivity contribution in [3.63, 3.8) is 0 Å². The predicted octanol–water partition coefficient (Wildman–Crippen LogP) is 0.870. The first-order valence-electron chi connectivity index (χ1n) is 2.66. The number of amides is 1. The summed E-state index contributed by atoms with van der Waals surface area (Å²) in [6, 6.07) is 0. The van der Waals surface area contributed by atoms with Crippen molar-refractivity contribution in [2.75, 3.05) is 19.5 Å². The molecule has 0 N–H and O–H groups in total. The number of hydrogen-bond acceptors (Lipinski definition) is 1. The Kier molecular flexibility index (Phi) is 4.14. The zero-order chi connectivity index (χ0) is 7.28. The summed E-state index contributed by atoms with van der Waals surface area (Å²) in [7, 11) is 1.69. The van der Waals surface area contributed by atoms with Crippen molar-refractivity contribution < 1.29 is 4.79 Å². The fourth-order valence-corrected chi connectivity index (χ4v) is 0.646. The largest absolute Gasteiger partial charge is 0.341 e. The topological polar surface area (TPSA) is 20.3 Å². The van der Waals surface area contributed by atoms with E-state index >= 15 is 0 Å². The van der Waals surface area contributed by atoms with E-state index in [4.69, 9.17) is 11.6 Å². The number of halogens is 1. The van der Waals surface area contributed by atoms with E-state index in [-0.39, 0.29) is 5.91 Å². The van der Waals surface area contributed by atoms with Crippen molar-refractivity contribution in [2.24, 2.45) is 0 Å². The van der Waals surface area contributed by atoms with Gasteiger partial charge < -0.3 is 4.90 Å². The van der Waals surface area contributed by atoms with E-state index in [2.05, 4.69) is 6.58 Å². The molecule has 0 aliphatic rings. The van der Waals surface area contributed by atoms with Crippen LogP contribution < -0.4 is 0 Å². The summed E-state index contributed by atoms with van der Waals surface area (Å²) in [5.41, 5.74) is 0. The van der Waals surface area contributed by atoms with Gasteiger partial charge in [0.2, 0.25) is 5.91 Å². The highest BCUT2D eigenvalue weighted by Crippen LogP contribution is 1.85. The van der Waals surface area contributed by atoms with Crippen LogP contribution in [0.3, 0.4) is 0 Å². The maximum absolute atomic E-state index is 10.7. The lowest BCUT2D eigenvalue weighted by Crippen LogP contribution is -2.26. The summed E-state index contributed by atoms with van der Waals surface area (Å²) in [6.07, 6.45) is 1.27. The van der Waals surface area contributed by atoms with Crippen LogP contribution in [0.25, 0.3) is 0 Å². The molecule has 0 aromatic carbocycles. The summed E-state index contributed by atoms with van der Waals surface area (Å²) in [4.78, 5) is 12.2. The quantitative estimate of drug-likeness (QED) is 0.429. The van der Waals surface area contributed by atoms with E-state index in [0.717, 1.165) is 0 Å². The zero-order valence-corrected chi connectivity index (χ0v) is 6.19. The van der Waals surface area contributed by atoms with Crippen LogP contribution in [0, 0.1) is 0 Å². The Balaban J connectivity index is 3.58. The molecule has 0 bridgehead atoms. The molecular formula is C6H10ClNO. The third-order valence-corrected chi connectivity index (χ3v) is 1.14. The molecule has 0 radical (unpaired) electrons. The molecule has 0 atom stereocenters. The van der Waals surface area contributed by atoms with Crippen molar-refractivity contribution in [2.45, 2.75) is 0 Å². The van der Waals surface area contributed by atoms with Crippen molar-refractivity contribution in [3.8, 4) is 0 Å². The zero-order valence-electron chi connectivity index (χ0n) is 5.43. The highest BCUT2D eigenvalue weighted by molar-refractivity contribution is 6.18. The van der Waals surface area contributed by atoms with Crippen LogP contribution in [0.5, 0.6) is 0 Å². The maximum Gasteiger partial charge on any atom is 0.245 e. The van der Waals surface area contributed by atoms with Crippen molar-refractivity contribution in [3.05, 3.63) is 12.7 Å². The maximum atomic E-state index is 10.7. The molecule has 0 unspecified atom stereocenters. The van der Waals surface area contributed by atoms with Crippen LogP contribution in [-0.2, 0) is 4.79 Å². The van der Waals surface area contributed by atoms with Gasteiger partial charge in [0.15, 0.2) is 0 Å². The molecule has 1 amide bonds. The Bertz CT molecular complexity index is 114. The molecule has 0 rings (SSSR count). The van der Waals surface area contributed by atoms with Gasteiger partial charge in [-0.3, -0.25) is 4.79 Å². The average Bonchev–Trinajstić information content (AvgIpc) is 1.87. The van der Waals surface area contributed by atoms with Gasteiger partial charge >= 0.3 is 0 Å². The van der Waals surface area contributed by atoms with Crippen LogP contribution in [0.4, 0.5) is 0 Å². The van der Waals surface area contributed by atoms with Gasteiger partial charge in [-0.05, 0) is 6.08 Å². The lowest BCUT2D eigenvalue weighted by molar-refractivity contribution is -0.124. The second kappa shape index (κ2) is 4.39. The summed E-state index contributed by atoms with van der Waals surface area (Å²) in [5, 5.41) is 0. The minimum absolute atomic E-state index is 0.0874. The summed E-state index contributed by atoms with van der Waals surface area (Å²) in [6.45, 7) is 3.91. The van der Waals surface area contributed by atoms with Crippen LogP contribution >= 0.6 is 11.6 Å². The van der Waals surface area contributed by atoms with Gasteiger partial charge in [-0.25, -0.2) is 0 Å². The molecule has 0 fully saturated rings. The second-order valence-electron chi connectivity index (χ2n) is 1.65. The van der Waals surface area contributed by atoms with Gasteiger partial charge in [0.05, 0.1) is 0 Å². The fourth-order valence-electron chi connectivity index (χ4n) is 0.393. The molecule has 9 heavy (non-hydrogen) atoms. The monoisotopic (exact) mass is 147 g/mol. The van der Waals surface area contributed by atoms with E-state index in [1.807, 2.05) is 0 Å². The molecule has 0 saturated heterocycles. The number of rotatable bonds is 3. The Morgan fingerprint density at radius 3 is 2.78 bits per heavy atom. The third kappa shape index (κ3) is 3.14. The molecule has 0 saturated carbocycles. The van der Waals surface area contributed by atoms with Gasteiger partial charge in [-0.1, -0.05) is 6.58 Å². The predicted molar refractivity (Wildman–Crippen MR) is 38.6 cm³/mol. The first-order chi connectivity index (χ1) is 4.22. The van der Waals surface area contributed by atoms with Gasteiger partial charge in [-0.2, -0.15) is 0 Å². The molecule has 0 aromatic heterocycles. The van der Waals surface area contributed by atoms with Gasteiger partial charge in [0, 0.05) is 19.5 Å². The Morgan fingerprint density at radius 1 is 1.89 bits per heavy atom. The van der Waals surface area contributed by atoms with Gasteiger partial charge in [0.25, 0.3) is 0 Å². The number of carbonyl (C=O) groups excluding carboxylic acids is 1. The highest BCUT2D eigenvalue weighted by Gasteiger charge is 2.00. The molecule has 0 aliphatic heterocycles. The van der Waals surface area contributed by atoms with Crippen molar-refractivity contribution in [1.82, 2.24) is 4.90 Å². The first-order valence-corrected chi connectivity index (χ1v) is 3.19. The number of hydrogen-bond donors (Lipinski definition) is 0. The molecule has 0 spiro atoms. The van der Waals surface area contributed by atoms with E-state index in [9.17, 15) is 4.79 Å². The minimum atomic E-state index is -0.0874. The van der Waals surface area contributed by atoms with Crippen molar-refractivity contribution in [1.29, 1.82) is 0 Å². The number of carbonyl (C=O) groups is 1. The van der Waals surface area contributed by atoms with E-state index in [0.29, 0.717) is 12.4 Å². The average molecular weight is 148 g/mol. The van der Waals surface area contributed by atoms with Crippen molar-refractivity contribution >= 4 is 17.5 Å². The molecule has 0 aromatic rings. The fraction of sp³-hybridized carbons (Fsp3) is 0.500. The molecule has 0 heterocycles. The summed E-state index contributed by atoms with van der Waals surface area (Å²) < 4.78 is 0. The van der Waals surface area contributed by atoms with Gasteiger partial charge in [-0.15, -0.1) is 11.6 Å². The smallest absolute Gasteiger partial charge is 0.245 e.